The molecule has 0 saturated heterocycles. The number of pyridine rings is 1. The molecule has 6 heteroatoms. The summed E-state index contributed by atoms with van der Waals surface area (Å²) < 4.78 is 5.10. The standard InChI is InChI=1S/C9H10Cl3NO2/c1-3-15-9(2,14)7-5(10)4-6(11)8(12)13-7/h4,14H,3H2,1-2H3. The predicted molar refractivity (Wildman–Crippen MR) is 60.5 cm³/mol. The maximum atomic E-state index is 9.91. The van der Waals surface area contributed by atoms with Crippen LogP contribution in [0, 0.1) is 0 Å². The molecule has 0 aromatic carbocycles. The third-order valence-electron chi connectivity index (χ3n) is 1.75. The number of nitrogens with zero attached hydrogens (tertiary/aromatic N) is 1. The van der Waals surface area contributed by atoms with Gasteiger partial charge in [0.05, 0.1) is 10.0 Å². The van der Waals surface area contributed by atoms with Crippen molar-refractivity contribution in [3.63, 3.8) is 0 Å². The van der Waals surface area contributed by atoms with Crippen molar-refractivity contribution < 1.29 is 9.84 Å². The third-order valence-corrected chi connectivity index (χ3v) is 2.71. The molecule has 0 aliphatic heterocycles. The summed E-state index contributed by atoms with van der Waals surface area (Å²) in [5, 5.41) is 10.4. The fraction of sp³-hybridized carbons (Fsp3) is 0.444. The van der Waals surface area contributed by atoms with Gasteiger partial charge in [0, 0.05) is 6.61 Å². The van der Waals surface area contributed by atoms with Crippen LogP contribution in [-0.2, 0) is 10.5 Å². The third kappa shape index (κ3) is 2.95. The molecular formula is C9H10Cl3NO2. The highest BCUT2D eigenvalue weighted by Crippen LogP contribution is 2.32. The number of aliphatic hydroxyl groups is 1. The summed E-state index contributed by atoms with van der Waals surface area (Å²) >= 11 is 17.3. The van der Waals surface area contributed by atoms with Crippen molar-refractivity contribution in [2.45, 2.75) is 19.6 Å². The Morgan fingerprint density at radius 1 is 1.40 bits per heavy atom. The van der Waals surface area contributed by atoms with E-state index in [0.29, 0.717) is 6.61 Å². The molecule has 1 atom stereocenters. The number of halogens is 3. The van der Waals surface area contributed by atoms with Crippen LogP contribution < -0.4 is 0 Å². The first kappa shape index (κ1) is 13.0. The van der Waals surface area contributed by atoms with Crippen molar-refractivity contribution in [1.29, 1.82) is 0 Å². The molecule has 0 radical (unpaired) electrons. The van der Waals surface area contributed by atoms with Crippen LogP contribution in [0.25, 0.3) is 0 Å². The molecule has 1 aromatic rings. The van der Waals surface area contributed by atoms with Crippen LogP contribution in [0.5, 0.6) is 0 Å². The molecule has 3 nitrogen and oxygen atoms in total. The molecule has 0 fully saturated rings. The Morgan fingerprint density at radius 3 is 2.53 bits per heavy atom. The lowest BCUT2D eigenvalue weighted by atomic mass is 10.2. The van der Waals surface area contributed by atoms with Crippen molar-refractivity contribution in [2.24, 2.45) is 0 Å². The molecule has 0 bridgehead atoms. The van der Waals surface area contributed by atoms with Crippen molar-refractivity contribution in [3.05, 3.63) is 27.0 Å². The summed E-state index contributed by atoms with van der Waals surface area (Å²) in [6.07, 6.45) is 0. The lowest BCUT2D eigenvalue weighted by Gasteiger charge is -2.23. The van der Waals surface area contributed by atoms with Crippen LogP contribution in [0.3, 0.4) is 0 Å². The average Bonchev–Trinajstić information content (AvgIpc) is 2.11. The molecule has 0 spiro atoms. The number of ether oxygens (including phenoxy) is 1. The van der Waals surface area contributed by atoms with Gasteiger partial charge in [0.2, 0.25) is 5.79 Å². The van der Waals surface area contributed by atoms with Crippen LogP contribution in [0.1, 0.15) is 19.5 Å². The molecule has 1 heterocycles. The minimum atomic E-state index is -1.57. The van der Waals surface area contributed by atoms with E-state index in [9.17, 15) is 5.11 Å². The molecule has 0 aliphatic rings. The zero-order valence-electron chi connectivity index (χ0n) is 8.22. The summed E-state index contributed by atoms with van der Waals surface area (Å²) in [7, 11) is 0. The highest BCUT2D eigenvalue weighted by molar-refractivity contribution is 6.42. The normalized spacial score (nSPS) is 15.1. The Kier molecular flexibility index (Phi) is 4.20. The quantitative estimate of drug-likeness (QED) is 0.677. The SMILES string of the molecule is CCOC(C)(O)c1nc(Cl)c(Cl)cc1Cl. The lowest BCUT2D eigenvalue weighted by molar-refractivity contribution is -0.198. The van der Waals surface area contributed by atoms with E-state index in [1.165, 1.54) is 13.0 Å². The van der Waals surface area contributed by atoms with Gasteiger partial charge in [-0.25, -0.2) is 4.98 Å². The number of hydrogen-bond donors (Lipinski definition) is 1. The van der Waals surface area contributed by atoms with Crippen molar-refractivity contribution >= 4 is 34.8 Å². The van der Waals surface area contributed by atoms with E-state index in [0.717, 1.165) is 0 Å². The second kappa shape index (κ2) is 4.85. The number of aromatic nitrogens is 1. The van der Waals surface area contributed by atoms with E-state index in [1.807, 2.05) is 0 Å². The van der Waals surface area contributed by atoms with E-state index in [-0.39, 0.29) is 20.9 Å². The van der Waals surface area contributed by atoms with Crippen LogP contribution in [0.15, 0.2) is 6.07 Å². The van der Waals surface area contributed by atoms with E-state index < -0.39 is 5.79 Å². The Labute approximate surface area is 103 Å². The molecule has 1 N–H and O–H groups in total. The summed E-state index contributed by atoms with van der Waals surface area (Å²) in [4.78, 5) is 3.89. The molecule has 84 valence electrons. The molecule has 0 aliphatic carbocycles. The van der Waals surface area contributed by atoms with Crippen LogP contribution >= 0.6 is 34.8 Å². The molecule has 0 saturated carbocycles. The molecule has 1 rings (SSSR count). The first-order valence-corrected chi connectivity index (χ1v) is 5.40. The Hall–Kier alpha value is -0.0600. The van der Waals surface area contributed by atoms with Crippen molar-refractivity contribution in [2.75, 3.05) is 6.61 Å². The molecule has 15 heavy (non-hydrogen) atoms. The number of rotatable bonds is 3. The zero-order valence-corrected chi connectivity index (χ0v) is 10.5. The van der Waals surface area contributed by atoms with Gasteiger partial charge in [0.15, 0.2) is 0 Å². The predicted octanol–water partition coefficient (Wildman–Crippen LogP) is 3.24. The topological polar surface area (TPSA) is 42.4 Å². The van der Waals surface area contributed by atoms with Crippen LogP contribution in [0.4, 0.5) is 0 Å². The second-order valence-electron chi connectivity index (χ2n) is 3.01. The summed E-state index contributed by atoms with van der Waals surface area (Å²) in [6.45, 7) is 3.51. The summed E-state index contributed by atoms with van der Waals surface area (Å²) in [5.41, 5.74) is 0.153. The highest BCUT2D eigenvalue weighted by atomic mass is 35.5. The Balaban J connectivity index is 3.19. The van der Waals surface area contributed by atoms with Crippen molar-refractivity contribution in [1.82, 2.24) is 4.98 Å². The van der Waals surface area contributed by atoms with Gasteiger partial charge in [-0.1, -0.05) is 34.8 Å². The Morgan fingerprint density at radius 2 is 2.00 bits per heavy atom. The molecular weight excluding hydrogens is 260 g/mol. The van der Waals surface area contributed by atoms with E-state index in [4.69, 9.17) is 39.5 Å². The minimum Gasteiger partial charge on any atom is -0.361 e. The average molecular weight is 271 g/mol. The maximum Gasteiger partial charge on any atom is 0.208 e. The van der Waals surface area contributed by atoms with Gasteiger partial charge in [0.1, 0.15) is 10.8 Å². The van der Waals surface area contributed by atoms with Crippen LogP contribution in [-0.4, -0.2) is 16.7 Å². The molecule has 1 unspecified atom stereocenters. The van der Waals surface area contributed by atoms with Gasteiger partial charge in [-0.3, -0.25) is 0 Å². The fourth-order valence-corrected chi connectivity index (χ4v) is 1.79. The van der Waals surface area contributed by atoms with Crippen molar-refractivity contribution in [3.8, 4) is 0 Å². The Bertz CT molecular complexity index is 369. The van der Waals surface area contributed by atoms with Crippen LogP contribution in [0.2, 0.25) is 15.2 Å². The molecule has 0 amide bonds. The largest absolute Gasteiger partial charge is 0.361 e. The maximum absolute atomic E-state index is 9.91. The van der Waals surface area contributed by atoms with Gasteiger partial charge < -0.3 is 9.84 Å². The van der Waals surface area contributed by atoms with E-state index >= 15 is 0 Å². The monoisotopic (exact) mass is 269 g/mol. The highest BCUT2D eigenvalue weighted by Gasteiger charge is 2.29. The van der Waals surface area contributed by atoms with Gasteiger partial charge in [-0.2, -0.15) is 0 Å². The number of hydrogen-bond acceptors (Lipinski definition) is 3. The molecule has 1 aromatic heterocycles. The smallest absolute Gasteiger partial charge is 0.208 e. The summed E-state index contributed by atoms with van der Waals surface area (Å²) in [5.74, 6) is -1.57. The van der Waals surface area contributed by atoms with Gasteiger partial charge in [-0.15, -0.1) is 0 Å². The van der Waals surface area contributed by atoms with Gasteiger partial charge in [-0.05, 0) is 19.9 Å². The minimum absolute atomic E-state index is 0.0797. The first-order chi connectivity index (χ1) is 6.88. The first-order valence-electron chi connectivity index (χ1n) is 4.27. The lowest BCUT2D eigenvalue weighted by Crippen LogP contribution is -2.27. The van der Waals surface area contributed by atoms with E-state index in [1.54, 1.807) is 6.92 Å². The second-order valence-corrected chi connectivity index (χ2v) is 4.18. The van der Waals surface area contributed by atoms with Gasteiger partial charge >= 0.3 is 0 Å². The van der Waals surface area contributed by atoms with Gasteiger partial charge in [0.25, 0.3) is 0 Å². The summed E-state index contributed by atoms with van der Waals surface area (Å²) in [6, 6.07) is 1.42. The zero-order chi connectivity index (χ0) is 11.6. The van der Waals surface area contributed by atoms with E-state index in [2.05, 4.69) is 4.98 Å². The fourth-order valence-electron chi connectivity index (χ4n) is 1.12.